The summed E-state index contributed by atoms with van der Waals surface area (Å²) in [5, 5.41) is 6.81. The Bertz CT molecular complexity index is 356. The second-order valence-corrected chi connectivity index (χ2v) is 3.46. The molecule has 0 bridgehead atoms. The van der Waals surface area contributed by atoms with Crippen LogP contribution < -0.4 is 16.6 Å². The third-order valence-electron chi connectivity index (χ3n) is 2.00. The van der Waals surface area contributed by atoms with Crippen molar-refractivity contribution in [2.24, 2.45) is 10.8 Å². The lowest BCUT2D eigenvalue weighted by Gasteiger charge is -2.06. The summed E-state index contributed by atoms with van der Waals surface area (Å²) in [6.45, 7) is 2.10. The van der Waals surface area contributed by atoms with Gasteiger partial charge in [0.15, 0.2) is 5.82 Å². The molecule has 0 atom stereocenters. The van der Waals surface area contributed by atoms with Crippen LogP contribution in [0.25, 0.3) is 0 Å². The predicted octanol–water partition coefficient (Wildman–Crippen LogP) is -0.551. The molecule has 15 heavy (non-hydrogen) atoms. The zero-order valence-electron chi connectivity index (χ0n) is 8.53. The Labute approximate surface area is 87.1 Å². The molecule has 0 spiro atoms. The summed E-state index contributed by atoms with van der Waals surface area (Å²) in [4.78, 5) is 8.21. The lowest BCUT2D eigenvalue weighted by Crippen LogP contribution is -2.42. The summed E-state index contributed by atoms with van der Waals surface area (Å²) >= 11 is 0. The fourth-order valence-electron chi connectivity index (χ4n) is 1.10. The van der Waals surface area contributed by atoms with Crippen molar-refractivity contribution in [3.63, 3.8) is 0 Å². The van der Waals surface area contributed by atoms with Gasteiger partial charge >= 0.3 is 0 Å². The molecule has 1 aliphatic carbocycles. The van der Waals surface area contributed by atoms with Crippen molar-refractivity contribution in [3.8, 4) is 0 Å². The lowest BCUT2D eigenvalue weighted by molar-refractivity contribution is 0.376. The zero-order valence-corrected chi connectivity index (χ0v) is 8.53. The highest BCUT2D eigenvalue weighted by molar-refractivity contribution is 5.79. The van der Waals surface area contributed by atoms with Gasteiger partial charge in [0.05, 0.1) is 0 Å². The van der Waals surface area contributed by atoms with Crippen LogP contribution in [0.4, 0.5) is 0 Å². The highest BCUT2D eigenvalue weighted by Crippen LogP contribution is 2.18. The van der Waals surface area contributed by atoms with E-state index in [9.17, 15) is 0 Å². The SMILES string of the molecule is Cc1noc(CN=C(NN)NC2CC2)n1. The van der Waals surface area contributed by atoms with Crippen LogP contribution in [0.15, 0.2) is 9.52 Å². The molecular formula is C8H14N6O. The summed E-state index contributed by atoms with van der Waals surface area (Å²) in [6.07, 6.45) is 2.33. The van der Waals surface area contributed by atoms with Crippen molar-refractivity contribution < 1.29 is 4.52 Å². The number of guanidine groups is 1. The number of nitrogens with zero attached hydrogens (tertiary/aromatic N) is 3. The number of aliphatic imine (C=N–C) groups is 1. The van der Waals surface area contributed by atoms with Crippen molar-refractivity contribution in [2.75, 3.05) is 0 Å². The maximum atomic E-state index is 5.31. The van der Waals surface area contributed by atoms with Gasteiger partial charge < -0.3 is 9.84 Å². The van der Waals surface area contributed by atoms with Gasteiger partial charge in [-0.15, -0.1) is 0 Å². The summed E-state index contributed by atoms with van der Waals surface area (Å²) < 4.78 is 4.92. The van der Waals surface area contributed by atoms with Crippen LogP contribution >= 0.6 is 0 Å². The first kappa shape index (κ1) is 9.91. The molecule has 4 N–H and O–H groups in total. The van der Waals surface area contributed by atoms with Gasteiger partial charge in [-0.25, -0.2) is 10.8 Å². The van der Waals surface area contributed by atoms with E-state index in [0.717, 1.165) is 0 Å². The number of hydrazine groups is 1. The molecule has 0 aromatic carbocycles. The molecular weight excluding hydrogens is 196 g/mol. The molecule has 82 valence electrons. The maximum Gasteiger partial charge on any atom is 0.248 e. The van der Waals surface area contributed by atoms with Crippen LogP contribution in [0.2, 0.25) is 0 Å². The Kier molecular flexibility index (Phi) is 2.82. The van der Waals surface area contributed by atoms with Gasteiger partial charge in [-0.1, -0.05) is 5.16 Å². The summed E-state index contributed by atoms with van der Waals surface area (Å²) in [6, 6.07) is 0.504. The van der Waals surface area contributed by atoms with Crippen LogP contribution in [-0.4, -0.2) is 22.1 Å². The molecule has 2 rings (SSSR count). The molecule has 7 heteroatoms. The average Bonchev–Trinajstić information content (AvgIpc) is 2.95. The molecule has 0 radical (unpaired) electrons. The van der Waals surface area contributed by atoms with Gasteiger partial charge in [0, 0.05) is 6.04 Å². The van der Waals surface area contributed by atoms with Crippen LogP contribution in [0.1, 0.15) is 24.6 Å². The highest BCUT2D eigenvalue weighted by Gasteiger charge is 2.22. The Balaban J connectivity index is 1.89. The topological polar surface area (TPSA) is 101 Å². The van der Waals surface area contributed by atoms with Gasteiger partial charge in [0.1, 0.15) is 6.54 Å². The smallest absolute Gasteiger partial charge is 0.248 e. The second kappa shape index (κ2) is 4.26. The number of nitrogens with two attached hydrogens (primary N) is 1. The number of hydrogen-bond acceptors (Lipinski definition) is 5. The number of aryl methyl sites for hydroxylation is 1. The van der Waals surface area contributed by atoms with Crippen molar-refractivity contribution in [3.05, 3.63) is 11.7 Å². The molecule has 1 heterocycles. The van der Waals surface area contributed by atoms with Gasteiger partial charge in [0.25, 0.3) is 0 Å². The molecule has 1 aliphatic rings. The zero-order chi connectivity index (χ0) is 10.7. The van der Waals surface area contributed by atoms with Crippen molar-refractivity contribution in [2.45, 2.75) is 32.4 Å². The maximum absolute atomic E-state index is 5.31. The minimum Gasteiger partial charge on any atom is -0.353 e. The molecule has 0 unspecified atom stereocenters. The minimum atomic E-state index is 0.333. The van der Waals surface area contributed by atoms with E-state index in [1.54, 1.807) is 6.92 Å². The Morgan fingerprint density at radius 2 is 2.47 bits per heavy atom. The van der Waals surface area contributed by atoms with E-state index in [1.165, 1.54) is 12.8 Å². The Hall–Kier alpha value is -1.63. The first-order valence-corrected chi connectivity index (χ1v) is 4.84. The van der Waals surface area contributed by atoms with E-state index >= 15 is 0 Å². The Morgan fingerprint density at radius 1 is 1.67 bits per heavy atom. The normalized spacial score (nSPS) is 16.5. The summed E-state index contributed by atoms with van der Waals surface area (Å²) in [5.41, 5.74) is 2.50. The monoisotopic (exact) mass is 210 g/mol. The Morgan fingerprint density at radius 3 is 3.00 bits per heavy atom. The number of aromatic nitrogens is 2. The fraction of sp³-hybridized carbons (Fsp3) is 0.625. The number of nitrogens with one attached hydrogen (secondary N) is 2. The van der Waals surface area contributed by atoms with Crippen molar-refractivity contribution in [1.29, 1.82) is 0 Å². The van der Waals surface area contributed by atoms with Gasteiger partial charge in [0.2, 0.25) is 11.9 Å². The molecule has 0 aliphatic heterocycles. The van der Waals surface area contributed by atoms with E-state index in [2.05, 4.69) is 25.9 Å². The van der Waals surface area contributed by atoms with Crippen LogP contribution in [-0.2, 0) is 6.54 Å². The molecule has 1 saturated carbocycles. The first-order chi connectivity index (χ1) is 7.28. The van der Waals surface area contributed by atoms with E-state index in [4.69, 9.17) is 10.4 Å². The van der Waals surface area contributed by atoms with Crippen molar-refractivity contribution in [1.82, 2.24) is 20.9 Å². The lowest BCUT2D eigenvalue weighted by atomic mass is 10.6. The van der Waals surface area contributed by atoms with Crippen LogP contribution in [0, 0.1) is 6.92 Å². The number of hydrogen-bond donors (Lipinski definition) is 3. The fourth-order valence-corrected chi connectivity index (χ4v) is 1.10. The van der Waals surface area contributed by atoms with Crippen LogP contribution in [0.3, 0.4) is 0 Å². The largest absolute Gasteiger partial charge is 0.353 e. The van der Waals surface area contributed by atoms with E-state index in [-0.39, 0.29) is 0 Å². The third-order valence-corrected chi connectivity index (χ3v) is 2.00. The molecule has 0 saturated heterocycles. The number of rotatable bonds is 3. The standard InChI is InChI=1S/C8H14N6O/c1-5-11-7(15-14-5)4-10-8(13-9)12-6-2-3-6/h6H,2-4,9H2,1H3,(H2,10,12,13). The van der Waals surface area contributed by atoms with Crippen molar-refractivity contribution >= 4 is 5.96 Å². The molecule has 7 nitrogen and oxygen atoms in total. The van der Waals surface area contributed by atoms with Gasteiger partial charge in [-0.3, -0.25) is 5.43 Å². The highest BCUT2D eigenvalue weighted by atomic mass is 16.5. The van der Waals surface area contributed by atoms with E-state index < -0.39 is 0 Å². The average molecular weight is 210 g/mol. The van der Waals surface area contributed by atoms with Crippen LogP contribution in [0.5, 0.6) is 0 Å². The van der Waals surface area contributed by atoms with Gasteiger partial charge in [-0.05, 0) is 19.8 Å². The third kappa shape index (κ3) is 2.91. The molecule has 1 aromatic rings. The molecule has 0 amide bonds. The quantitative estimate of drug-likeness (QED) is 0.268. The molecule has 1 fully saturated rings. The van der Waals surface area contributed by atoms with E-state index in [0.29, 0.717) is 30.3 Å². The summed E-state index contributed by atoms with van der Waals surface area (Å²) in [5.74, 6) is 6.96. The molecule has 1 aromatic heterocycles. The van der Waals surface area contributed by atoms with E-state index in [1.807, 2.05) is 0 Å². The first-order valence-electron chi connectivity index (χ1n) is 4.84. The minimum absolute atomic E-state index is 0.333. The van der Waals surface area contributed by atoms with Gasteiger partial charge in [-0.2, -0.15) is 4.98 Å². The predicted molar refractivity (Wildman–Crippen MR) is 53.7 cm³/mol. The summed E-state index contributed by atoms with van der Waals surface area (Å²) in [7, 11) is 0. The second-order valence-electron chi connectivity index (χ2n) is 3.46.